The Bertz CT molecular complexity index is 365. The molecule has 3 nitrogen and oxygen atoms in total. The highest BCUT2D eigenvalue weighted by molar-refractivity contribution is 7.09. The minimum Gasteiger partial charge on any atom is -0.328 e. The van der Waals surface area contributed by atoms with Gasteiger partial charge in [0, 0.05) is 29.8 Å². The van der Waals surface area contributed by atoms with Crippen molar-refractivity contribution in [2.75, 3.05) is 13.1 Å². The number of hydrogen-bond acceptors (Lipinski definition) is 4. The fourth-order valence-electron chi connectivity index (χ4n) is 2.60. The van der Waals surface area contributed by atoms with Crippen LogP contribution < -0.4 is 5.73 Å². The van der Waals surface area contributed by atoms with Gasteiger partial charge in [0.15, 0.2) is 0 Å². The van der Waals surface area contributed by atoms with Crippen LogP contribution in [-0.4, -0.2) is 35.1 Å². The molecule has 0 spiro atoms. The number of nitrogens with zero attached hydrogens (tertiary/aromatic N) is 2. The lowest BCUT2D eigenvalue weighted by Gasteiger charge is -2.33. The molecule has 1 atom stereocenters. The Morgan fingerprint density at radius 1 is 1.39 bits per heavy atom. The summed E-state index contributed by atoms with van der Waals surface area (Å²) >= 11 is 1.82. The topological polar surface area (TPSA) is 42.1 Å². The number of likely N-dealkylation sites (tertiary alicyclic amines) is 1. The minimum atomic E-state index is 0.211. The van der Waals surface area contributed by atoms with E-state index in [1.54, 1.807) is 0 Å². The highest BCUT2D eigenvalue weighted by Gasteiger charge is 2.24. The lowest BCUT2D eigenvalue weighted by atomic mass is 9.96. The van der Waals surface area contributed by atoms with Gasteiger partial charge in [0.25, 0.3) is 0 Å². The molecule has 1 aliphatic rings. The molecular weight excluding hydrogens is 242 g/mol. The number of piperidine rings is 1. The maximum Gasteiger partial charge on any atom is 0.0960 e. The molecule has 102 valence electrons. The molecule has 2 rings (SSSR count). The van der Waals surface area contributed by atoms with Gasteiger partial charge in [-0.2, -0.15) is 0 Å². The van der Waals surface area contributed by atoms with Gasteiger partial charge < -0.3 is 10.6 Å². The first-order chi connectivity index (χ1) is 8.56. The summed E-state index contributed by atoms with van der Waals surface area (Å²) in [5.74, 6) is 0.673. The van der Waals surface area contributed by atoms with Crippen LogP contribution in [0, 0.1) is 0 Å². The van der Waals surface area contributed by atoms with Gasteiger partial charge in [0.05, 0.1) is 10.7 Å². The van der Waals surface area contributed by atoms with Gasteiger partial charge in [0.2, 0.25) is 0 Å². The summed E-state index contributed by atoms with van der Waals surface area (Å²) in [5, 5.41) is 3.52. The maximum atomic E-state index is 5.82. The predicted molar refractivity (Wildman–Crippen MR) is 78.2 cm³/mol. The van der Waals surface area contributed by atoms with Gasteiger partial charge in [-0.05, 0) is 46.7 Å². The molecular formula is C14H25N3S. The third kappa shape index (κ3) is 3.53. The first-order valence-corrected chi connectivity index (χ1v) is 7.88. The summed E-state index contributed by atoms with van der Waals surface area (Å²) < 4.78 is 0. The number of rotatable bonds is 4. The standard InChI is InChI=1S/C14H25N3S/c1-10(2)17-6-4-12(5-7-17)14-16-13(9-18-14)8-11(3)15/h9-12H,4-8,15H2,1-3H3. The molecule has 1 saturated heterocycles. The largest absolute Gasteiger partial charge is 0.328 e. The van der Waals surface area contributed by atoms with Crippen LogP contribution in [0.15, 0.2) is 5.38 Å². The monoisotopic (exact) mass is 267 g/mol. The molecule has 2 N–H and O–H groups in total. The van der Waals surface area contributed by atoms with E-state index in [0.29, 0.717) is 12.0 Å². The van der Waals surface area contributed by atoms with Gasteiger partial charge >= 0.3 is 0 Å². The van der Waals surface area contributed by atoms with Crippen LogP contribution in [0.1, 0.15) is 50.2 Å². The van der Waals surface area contributed by atoms with Gasteiger partial charge in [-0.25, -0.2) is 4.98 Å². The lowest BCUT2D eigenvalue weighted by molar-refractivity contribution is 0.171. The van der Waals surface area contributed by atoms with Crippen molar-refractivity contribution in [2.45, 2.75) is 58.0 Å². The third-order valence-electron chi connectivity index (χ3n) is 3.71. The molecule has 0 aromatic carbocycles. The van der Waals surface area contributed by atoms with Crippen LogP contribution in [-0.2, 0) is 6.42 Å². The molecule has 1 fully saturated rings. The molecule has 0 radical (unpaired) electrons. The normalized spacial score (nSPS) is 20.5. The molecule has 18 heavy (non-hydrogen) atoms. The highest BCUT2D eigenvalue weighted by atomic mass is 32.1. The summed E-state index contributed by atoms with van der Waals surface area (Å²) in [4.78, 5) is 7.33. The van der Waals surface area contributed by atoms with E-state index in [1.165, 1.54) is 36.6 Å². The fraction of sp³-hybridized carbons (Fsp3) is 0.786. The zero-order chi connectivity index (χ0) is 13.1. The van der Waals surface area contributed by atoms with Gasteiger partial charge in [-0.15, -0.1) is 11.3 Å². The predicted octanol–water partition coefficient (Wildman–Crippen LogP) is 2.62. The van der Waals surface area contributed by atoms with Crippen LogP contribution in [0.5, 0.6) is 0 Å². The summed E-state index contributed by atoms with van der Waals surface area (Å²) in [6, 6.07) is 0.888. The van der Waals surface area contributed by atoms with Crippen LogP contribution >= 0.6 is 11.3 Å². The van der Waals surface area contributed by atoms with Crippen molar-refractivity contribution in [2.24, 2.45) is 5.73 Å². The Labute approximate surface area is 114 Å². The average molecular weight is 267 g/mol. The van der Waals surface area contributed by atoms with E-state index in [0.717, 1.165) is 6.42 Å². The Morgan fingerprint density at radius 3 is 2.61 bits per heavy atom. The van der Waals surface area contributed by atoms with Crippen molar-refractivity contribution >= 4 is 11.3 Å². The number of thiazole rings is 1. The molecule has 0 amide bonds. The Morgan fingerprint density at radius 2 is 2.06 bits per heavy atom. The second-order valence-corrected chi connectivity index (χ2v) is 6.65. The average Bonchev–Trinajstić information content (AvgIpc) is 2.76. The SMILES string of the molecule is CC(N)Cc1csc(C2CCN(C(C)C)CC2)n1. The summed E-state index contributed by atoms with van der Waals surface area (Å²) in [7, 11) is 0. The molecule has 1 aromatic rings. The zero-order valence-corrected chi connectivity index (χ0v) is 12.5. The molecule has 1 unspecified atom stereocenters. The number of nitrogens with two attached hydrogens (primary N) is 1. The van der Waals surface area contributed by atoms with Crippen LogP contribution in [0.2, 0.25) is 0 Å². The number of aromatic nitrogens is 1. The van der Waals surface area contributed by atoms with Crippen LogP contribution in [0.3, 0.4) is 0 Å². The first-order valence-electron chi connectivity index (χ1n) is 7.00. The van der Waals surface area contributed by atoms with Crippen molar-refractivity contribution in [1.29, 1.82) is 0 Å². The van der Waals surface area contributed by atoms with Crippen molar-refractivity contribution < 1.29 is 0 Å². The smallest absolute Gasteiger partial charge is 0.0960 e. The van der Waals surface area contributed by atoms with E-state index in [-0.39, 0.29) is 6.04 Å². The van der Waals surface area contributed by atoms with E-state index in [1.807, 2.05) is 18.3 Å². The lowest BCUT2D eigenvalue weighted by Crippen LogP contribution is -2.37. The minimum absolute atomic E-state index is 0.211. The van der Waals surface area contributed by atoms with Crippen molar-refractivity contribution in [3.05, 3.63) is 16.1 Å². The molecule has 4 heteroatoms. The van der Waals surface area contributed by atoms with Crippen LogP contribution in [0.25, 0.3) is 0 Å². The zero-order valence-electron chi connectivity index (χ0n) is 11.7. The van der Waals surface area contributed by atoms with E-state index in [4.69, 9.17) is 10.7 Å². The highest BCUT2D eigenvalue weighted by Crippen LogP contribution is 2.31. The molecule has 1 aliphatic heterocycles. The molecule has 2 heterocycles. The molecule has 1 aromatic heterocycles. The molecule has 0 aliphatic carbocycles. The van der Waals surface area contributed by atoms with Crippen molar-refractivity contribution in [1.82, 2.24) is 9.88 Å². The fourth-order valence-corrected chi connectivity index (χ4v) is 3.60. The summed E-state index contributed by atoms with van der Waals surface area (Å²) in [6.45, 7) is 9.03. The van der Waals surface area contributed by atoms with E-state index < -0.39 is 0 Å². The Hall–Kier alpha value is -0.450. The van der Waals surface area contributed by atoms with Crippen molar-refractivity contribution in [3.8, 4) is 0 Å². The van der Waals surface area contributed by atoms with E-state index in [2.05, 4.69) is 24.1 Å². The van der Waals surface area contributed by atoms with E-state index in [9.17, 15) is 0 Å². The third-order valence-corrected chi connectivity index (χ3v) is 4.77. The first kappa shape index (κ1) is 14.0. The Kier molecular flexibility index (Phi) is 4.76. The summed E-state index contributed by atoms with van der Waals surface area (Å²) in [6.07, 6.45) is 3.41. The molecule has 0 bridgehead atoms. The second-order valence-electron chi connectivity index (χ2n) is 5.76. The Balaban J connectivity index is 1.91. The van der Waals surface area contributed by atoms with Gasteiger partial charge in [0.1, 0.15) is 0 Å². The summed E-state index contributed by atoms with van der Waals surface area (Å²) in [5.41, 5.74) is 7.00. The van der Waals surface area contributed by atoms with E-state index >= 15 is 0 Å². The number of hydrogen-bond donors (Lipinski definition) is 1. The maximum absolute atomic E-state index is 5.82. The van der Waals surface area contributed by atoms with Crippen LogP contribution in [0.4, 0.5) is 0 Å². The quantitative estimate of drug-likeness (QED) is 0.912. The van der Waals surface area contributed by atoms with Gasteiger partial charge in [-0.1, -0.05) is 0 Å². The van der Waals surface area contributed by atoms with Crippen molar-refractivity contribution in [3.63, 3.8) is 0 Å². The second kappa shape index (κ2) is 6.13. The molecule has 0 saturated carbocycles. The van der Waals surface area contributed by atoms with Gasteiger partial charge in [-0.3, -0.25) is 0 Å².